The van der Waals surface area contributed by atoms with E-state index in [1.165, 1.54) is 0 Å². The van der Waals surface area contributed by atoms with Crippen molar-refractivity contribution >= 4 is 0 Å². The zero-order chi connectivity index (χ0) is 11.5. The number of nitrogens with zero attached hydrogens (tertiary/aromatic N) is 1. The fourth-order valence-corrected chi connectivity index (χ4v) is 1.34. The van der Waals surface area contributed by atoms with E-state index in [4.69, 9.17) is 0 Å². The lowest BCUT2D eigenvalue weighted by Gasteiger charge is -2.30. The van der Waals surface area contributed by atoms with Crippen molar-refractivity contribution in [1.29, 1.82) is 0 Å². The number of nitrogens with one attached hydrogen (secondary N) is 1. The van der Waals surface area contributed by atoms with Crippen molar-refractivity contribution in [2.45, 2.75) is 46.7 Å². The minimum atomic E-state index is 0.281. The van der Waals surface area contributed by atoms with Crippen LogP contribution in [0.3, 0.4) is 0 Å². The molecule has 2 unspecified atom stereocenters. The van der Waals surface area contributed by atoms with Gasteiger partial charge in [-0.15, -0.1) is 0 Å². The van der Waals surface area contributed by atoms with Crippen molar-refractivity contribution in [3.8, 4) is 0 Å². The maximum Gasteiger partial charge on any atom is 0.0570 e. The highest BCUT2D eigenvalue weighted by Gasteiger charge is 2.21. The van der Waals surface area contributed by atoms with Crippen LogP contribution in [-0.4, -0.2) is 11.0 Å². The highest BCUT2D eigenvalue weighted by Crippen LogP contribution is 2.21. The summed E-state index contributed by atoms with van der Waals surface area (Å²) in [6, 6.07) is 6.81. The third-order valence-electron chi connectivity index (χ3n) is 2.93. The maximum atomic E-state index is 4.35. The van der Waals surface area contributed by atoms with E-state index in [2.05, 4.69) is 51.0 Å². The fraction of sp³-hybridized carbons (Fsp3) is 0.615. The molecule has 0 aliphatic carbocycles. The summed E-state index contributed by atoms with van der Waals surface area (Å²) >= 11 is 0. The third kappa shape index (κ3) is 3.63. The monoisotopic (exact) mass is 206 g/mol. The van der Waals surface area contributed by atoms with Gasteiger partial charge in [-0.05, 0) is 31.4 Å². The van der Waals surface area contributed by atoms with Gasteiger partial charge in [-0.3, -0.25) is 4.98 Å². The summed E-state index contributed by atoms with van der Waals surface area (Å²) < 4.78 is 0. The number of hydrogen-bond donors (Lipinski definition) is 1. The number of hydrogen-bond acceptors (Lipinski definition) is 2. The van der Waals surface area contributed by atoms with Crippen molar-refractivity contribution in [2.75, 3.05) is 0 Å². The summed E-state index contributed by atoms with van der Waals surface area (Å²) in [5, 5.41) is 3.57. The van der Waals surface area contributed by atoms with Crippen LogP contribution in [-0.2, 0) is 0 Å². The molecule has 0 saturated heterocycles. The Hall–Kier alpha value is -0.890. The van der Waals surface area contributed by atoms with E-state index in [0.717, 1.165) is 5.69 Å². The number of aromatic nitrogens is 1. The predicted molar refractivity (Wildman–Crippen MR) is 64.7 cm³/mol. The normalized spacial score (nSPS) is 16.1. The molecule has 0 aromatic carbocycles. The lowest BCUT2D eigenvalue weighted by Crippen LogP contribution is -2.39. The summed E-state index contributed by atoms with van der Waals surface area (Å²) in [5.41, 5.74) is 1.39. The fourth-order valence-electron chi connectivity index (χ4n) is 1.34. The van der Waals surface area contributed by atoms with Crippen LogP contribution in [0.2, 0.25) is 0 Å². The molecule has 0 spiro atoms. The Labute approximate surface area is 93.1 Å². The number of pyridine rings is 1. The van der Waals surface area contributed by atoms with Gasteiger partial charge >= 0.3 is 0 Å². The van der Waals surface area contributed by atoms with E-state index in [1.807, 2.05) is 18.3 Å². The zero-order valence-corrected chi connectivity index (χ0v) is 10.4. The average molecular weight is 206 g/mol. The molecule has 0 fully saturated rings. The zero-order valence-electron chi connectivity index (χ0n) is 10.4. The van der Waals surface area contributed by atoms with Gasteiger partial charge in [-0.25, -0.2) is 0 Å². The van der Waals surface area contributed by atoms with Gasteiger partial charge in [0.2, 0.25) is 0 Å². The molecule has 0 bridgehead atoms. The Bertz CT molecular complexity index is 287. The molecule has 15 heavy (non-hydrogen) atoms. The van der Waals surface area contributed by atoms with Crippen LogP contribution in [0.5, 0.6) is 0 Å². The molecule has 84 valence electrons. The minimum absolute atomic E-state index is 0.281. The van der Waals surface area contributed by atoms with E-state index in [9.17, 15) is 0 Å². The number of rotatable bonds is 3. The minimum Gasteiger partial charge on any atom is -0.306 e. The highest BCUT2D eigenvalue weighted by molar-refractivity contribution is 5.08. The maximum absolute atomic E-state index is 4.35. The molecule has 0 aliphatic rings. The van der Waals surface area contributed by atoms with E-state index in [-0.39, 0.29) is 5.41 Å². The van der Waals surface area contributed by atoms with Crippen molar-refractivity contribution < 1.29 is 0 Å². The second-order valence-electron chi connectivity index (χ2n) is 5.23. The molecule has 0 amide bonds. The smallest absolute Gasteiger partial charge is 0.0570 e. The Morgan fingerprint density at radius 3 is 2.33 bits per heavy atom. The van der Waals surface area contributed by atoms with Crippen LogP contribution in [0.15, 0.2) is 24.4 Å². The summed E-state index contributed by atoms with van der Waals surface area (Å²) in [5.74, 6) is 0. The predicted octanol–water partition coefficient (Wildman–Crippen LogP) is 3.17. The van der Waals surface area contributed by atoms with Gasteiger partial charge in [0.1, 0.15) is 0 Å². The van der Waals surface area contributed by atoms with Crippen molar-refractivity contribution in [2.24, 2.45) is 5.41 Å². The molecule has 2 nitrogen and oxygen atoms in total. The summed E-state index contributed by atoms with van der Waals surface area (Å²) in [6.07, 6.45) is 1.84. The first-order chi connectivity index (χ1) is 6.91. The van der Waals surface area contributed by atoms with Crippen LogP contribution in [0.1, 0.15) is 46.4 Å². The van der Waals surface area contributed by atoms with Crippen LogP contribution < -0.4 is 5.32 Å². The first kappa shape index (κ1) is 12.2. The lowest BCUT2D eigenvalue weighted by molar-refractivity contribution is 0.267. The van der Waals surface area contributed by atoms with Crippen molar-refractivity contribution in [3.63, 3.8) is 0 Å². The van der Waals surface area contributed by atoms with Crippen LogP contribution in [0, 0.1) is 5.41 Å². The molecule has 1 heterocycles. The van der Waals surface area contributed by atoms with Gasteiger partial charge in [0.15, 0.2) is 0 Å². The SMILES string of the molecule is CC(NC(C)C(C)(C)C)c1ccccn1. The van der Waals surface area contributed by atoms with Crippen molar-refractivity contribution in [3.05, 3.63) is 30.1 Å². The molecule has 0 aliphatic heterocycles. The standard InChI is InChI=1S/C13H22N2/c1-10(12-8-6-7-9-14-12)15-11(2)13(3,4)5/h6-11,15H,1-5H3. The van der Waals surface area contributed by atoms with Crippen LogP contribution >= 0.6 is 0 Å². The van der Waals surface area contributed by atoms with Gasteiger partial charge < -0.3 is 5.32 Å². The largest absolute Gasteiger partial charge is 0.306 e. The van der Waals surface area contributed by atoms with E-state index >= 15 is 0 Å². The Kier molecular flexibility index (Phi) is 3.86. The molecule has 1 aromatic heterocycles. The summed E-state index contributed by atoms with van der Waals surface area (Å²) in [4.78, 5) is 4.35. The Morgan fingerprint density at radius 1 is 1.20 bits per heavy atom. The van der Waals surface area contributed by atoms with Gasteiger partial charge in [0.05, 0.1) is 5.69 Å². The molecular formula is C13H22N2. The molecule has 0 radical (unpaired) electrons. The second-order valence-corrected chi connectivity index (χ2v) is 5.23. The molecule has 1 rings (SSSR count). The summed E-state index contributed by atoms with van der Waals surface area (Å²) in [7, 11) is 0. The molecule has 2 atom stereocenters. The topological polar surface area (TPSA) is 24.9 Å². The van der Waals surface area contributed by atoms with Gasteiger partial charge in [-0.2, -0.15) is 0 Å². The van der Waals surface area contributed by atoms with Crippen LogP contribution in [0.25, 0.3) is 0 Å². The second kappa shape index (κ2) is 4.75. The molecule has 1 N–H and O–H groups in total. The van der Waals surface area contributed by atoms with Gasteiger partial charge in [0, 0.05) is 18.3 Å². The highest BCUT2D eigenvalue weighted by atomic mass is 15.0. The van der Waals surface area contributed by atoms with E-state index in [1.54, 1.807) is 0 Å². The summed E-state index contributed by atoms with van der Waals surface area (Å²) in [6.45, 7) is 11.1. The van der Waals surface area contributed by atoms with E-state index < -0.39 is 0 Å². The van der Waals surface area contributed by atoms with Crippen molar-refractivity contribution in [1.82, 2.24) is 10.3 Å². The quantitative estimate of drug-likeness (QED) is 0.821. The third-order valence-corrected chi connectivity index (χ3v) is 2.93. The average Bonchev–Trinajstić information content (AvgIpc) is 2.17. The van der Waals surface area contributed by atoms with Gasteiger partial charge in [0.25, 0.3) is 0 Å². The lowest BCUT2D eigenvalue weighted by atomic mass is 9.87. The molecular weight excluding hydrogens is 184 g/mol. The van der Waals surface area contributed by atoms with E-state index in [0.29, 0.717) is 12.1 Å². The van der Waals surface area contributed by atoms with Crippen LogP contribution in [0.4, 0.5) is 0 Å². The first-order valence-corrected chi connectivity index (χ1v) is 5.58. The first-order valence-electron chi connectivity index (χ1n) is 5.58. The molecule has 0 saturated carbocycles. The van der Waals surface area contributed by atoms with Gasteiger partial charge in [-0.1, -0.05) is 26.8 Å². The molecule has 2 heteroatoms. The Morgan fingerprint density at radius 2 is 1.87 bits per heavy atom. The molecule has 1 aromatic rings. The Balaban J connectivity index is 2.61.